The Morgan fingerprint density at radius 2 is 1.83 bits per heavy atom. The van der Waals surface area contributed by atoms with Gasteiger partial charge in [0.25, 0.3) is 0 Å². The number of halogens is 2. The summed E-state index contributed by atoms with van der Waals surface area (Å²) in [7, 11) is 2.53. The molecule has 1 N–H and O–H groups in total. The molecule has 0 aliphatic heterocycles. The predicted octanol–water partition coefficient (Wildman–Crippen LogP) is 2.39. The maximum absolute atomic E-state index is 13.6. The van der Waals surface area contributed by atoms with E-state index in [0.29, 0.717) is 6.07 Å². The summed E-state index contributed by atoms with van der Waals surface area (Å²) in [6, 6.07) is 0.706. The van der Waals surface area contributed by atoms with E-state index in [2.05, 4.69) is 0 Å². The van der Waals surface area contributed by atoms with E-state index in [-0.39, 0.29) is 36.3 Å². The Balaban J connectivity index is 3.05. The maximum atomic E-state index is 13.6. The molecule has 0 saturated carbocycles. The number of carboxylic acids is 1. The van der Waals surface area contributed by atoms with Crippen LogP contribution in [0.1, 0.15) is 18.4 Å². The van der Waals surface area contributed by atoms with Gasteiger partial charge in [-0.05, 0) is 12.8 Å². The van der Waals surface area contributed by atoms with Crippen molar-refractivity contribution in [1.82, 2.24) is 0 Å². The molecule has 0 aliphatic carbocycles. The second-order valence-corrected chi connectivity index (χ2v) is 3.63. The predicted molar refractivity (Wildman–Crippen MR) is 60.0 cm³/mol. The van der Waals surface area contributed by atoms with E-state index >= 15 is 0 Å². The molecular formula is C12H14F2O4. The lowest BCUT2D eigenvalue weighted by Crippen LogP contribution is -2.03. The zero-order valence-electron chi connectivity index (χ0n) is 10.1. The molecule has 0 aliphatic rings. The van der Waals surface area contributed by atoms with Crippen LogP contribution in [0.4, 0.5) is 8.78 Å². The molecule has 1 aromatic carbocycles. The van der Waals surface area contributed by atoms with Crippen molar-refractivity contribution < 1.29 is 28.2 Å². The van der Waals surface area contributed by atoms with E-state index < -0.39 is 17.6 Å². The van der Waals surface area contributed by atoms with Gasteiger partial charge < -0.3 is 14.6 Å². The van der Waals surface area contributed by atoms with E-state index in [4.69, 9.17) is 14.6 Å². The molecule has 0 atom stereocenters. The van der Waals surface area contributed by atoms with Gasteiger partial charge in [0.2, 0.25) is 0 Å². The highest BCUT2D eigenvalue weighted by molar-refractivity contribution is 5.66. The summed E-state index contributed by atoms with van der Waals surface area (Å²) in [5.74, 6) is -2.79. The van der Waals surface area contributed by atoms with Crippen LogP contribution in [-0.4, -0.2) is 25.3 Å². The Morgan fingerprint density at radius 1 is 1.22 bits per heavy atom. The third-order valence-electron chi connectivity index (χ3n) is 2.46. The molecule has 0 bridgehead atoms. The molecule has 0 aromatic heterocycles. The van der Waals surface area contributed by atoms with Gasteiger partial charge in [0.05, 0.1) is 14.2 Å². The van der Waals surface area contributed by atoms with Crippen LogP contribution < -0.4 is 9.47 Å². The number of ether oxygens (including phenoxy) is 2. The normalized spacial score (nSPS) is 10.2. The lowest BCUT2D eigenvalue weighted by Gasteiger charge is -2.14. The third kappa shape index (κ3) is 3.09. The fraction of sp³-hybridized carbons (Fsp3) is 0.417. The first-order chi connectivity index (χ1) is 8.51. The van der Waals surface area contributed by atoms with E-state index in [1.165, 1.54) is 14.2 Å². The minimum atomic E-state index is -0.969. The summed E-state index contributed by atoms with van der Waals surface area (Å²) < 4.78 is 36.7. The van der Waals surface area contributed by atoms with Crippen LogP contribution in [0.25, 0.3) is 0 Å². The number of carbonyl (C=O) groups is 1. The van der Waals surface area contributed by atoms with Crippen LogP contribution in [0, 0.1) is 11.6 Å². The summed E-state index contributed by atoms with van der Waals surface area (Å²) in [5, 5.41) is 8.52. The molecule has 0 heterocycles. The van der Waals surface area contributed by atoms with Crippen LogP contribution in [-0.2, 0) is 11.2 Å². The smallest absolute Gasteiger partial charge is 0.303 e. The second kappa shape index (κ2) is 6.18. The van der Waals surface area contributed by atoms with Gasteiger partial charge in [-0.25, -0.2) is 8.78 Å². The summed E-state index contributed by atoms with van der Waals surface area (Å²) >= 11 is 0. The Kier molecular flexibility index (Phi) is 4.88. The van der Waals surface area contributed by atoms with Crippen molar-refractivity contribution in [3.05, 3.63) is 23.3 Å². The number of methoxy groups -OCH3 is 2. The van der Waals surface area contributed by atoms with Crippen LogP contribution >= 0.6 is 0 Å². The first-order valence-corrected chi connectivity index (χ1v) is 5.31. The van der Waals surface area contributed by atoms with Gasteiger partial charge in [-0.2, -0.15) is 0 Å². The van der Waals surface area contributed by atoms with Gasteiger partial charge in [-0.15, -0.1) is 0 Å². The number of aliphatic carboxylic acids is 1. The average molecular weight is 260 g/mol. The Morgan fingerprint density at radius 3 is 2.33 bits per heavy atom. The fourth-order valence-electron chi connectivity index (χ4n) is 1.67. The van der Waals surface area contributed by atoms with E-state index in [1.807, 2.05) is 0 Å². The molecule has 100 valence electrons. The zero-order chi connectivity index (χ0) is 13.7. The number of hydrogen-bond acceptors (Lipinski definition) is 3. The van der Waals surface area contributed by atoms with Crippen molar-refractivity contribution in [2.75, 3.05) is 14.2 Å². The van der Waals surface area contributed by atoms with E-state index in [9.17, 15) is 13.6 Å². The Hall–Kier alpha value is -1.85. The molecule has 1 rings (SSSR count). The lowest BCUT2D eigenvalue weighted by molar-refractivity contribution is -0.137. The quantitative estimate of drug-likeness (QED) is 0.853. The first-order valence-electron chi connectivity index (χ1n) is 5.31. The monoisotopic (exact) mass is 260 g/mol. The van der Waals surface area contributed by atoms with Gasteiger partial charge in [-0.3, -0.25) is 4.79 Å². The summed E-state index contributed by atoms with van der Waals surface area (Å²) in [4.78, 5) is 10.4. The van der Waals surface area contributed by atoms with Gasteiger partial charge in [-0.1, -0.05) is 0 Å². The number of carboxylic acid groups (broad SMARTS) is 1. The molecule has 1 aromatic rings. The van der Waals surface area contributed by atoms with Crippen LogP contribution in [0.15, 0.2) is 6.07 Å². The molecule has 0 fully saturated rings. The highest BCUT2D eigenvalue weighted by Crippen LogP contribution is 2.36. The zero-order valence-corrected chi connectivity index (χ0v) is 10.1. The summed E-state index contributed by atoms with van der Waals surface area (Å²) in [5.41, 5.74) is 0.122. The van der Waals surface area contributed by atoms with Crippen molar-refractivity contribution >= 4 is 5.97 Å². The van der Waals surface area contributed by atoms with Gasteiger partial charge in [0.15, 0.2) is 17.3 Å². The van der Waals surface area contributed by atoms with Crippen molar-refractivity contribution in [1.29, 1.82) is 0 Å². The van der Waals surface area contributed by atoms with Crippen molar-refractivity contribution in [3.8, 4) is 11.5 Å². The molecule has 18 heavy (non-hydrogen) atoms. The third-order valence-corrected chi connectivity index (χ3v) is 2.46. The van der Waals surface area contributed by atoms with Crippen LogP contribution in [0.3, 0.4) is 0 Å². The topological polar surface area (TPSA) is 55.8 Å². The van der Waals surface area contributed by atoms with Crippen LogP contribution in [0.5, 0.6) is 11.5 Å². The summed E-state index contributed by atoms with van der Waals surface area (Å²) in [6.07, 6.45) is 0.275. The highest BCUT2D eigenvalue weighted by Gasteiger charge is 2.20. The van der Waals surface area contributed by atoms with Crippen molar-refractivity contribution in [2.45, 2.75) is 19.3 Å². The largest absolute Gasteiger partial charge is 0.492 e. The Labute approximate surface area is 103 Å². The molecule has 0 saturated heterocycles. The SMILES string of the molecule is COc1c(F)cc(F)c(CCCC(=O)O)c1OC. The highest BCUT2D eigenvalue weighted by atomic mass is 19.1. The van der Waals surface area contributed by atoms with E-state index in [1.54, 1.807) is 0 Å². The lowest BCUT2D eigenvalue weighted by atomic mass is 10.1. The van der Waals surface area contributed by atoms with Gasteiger partial charge >= 0.3 is 5.97 Å². The fourth-order valence-corrected chi connectivity index (χ4v) is 1.67. The van der Waals surface area contributed by atoms with Gasteiger partial charge in [0, 0.05) is 18.1 Å². The molecular weight excluding hydrogens is 246 g/mol. The standard InChI is InChI=1S/C12H14F2O4/c1-17-11-7(4-3-5-10(15)16)8(13)6-9(14)12(11)18-2/h6H,3-5H2,1-2H3,(H,15,16). The molecule has 6 heteroatoms. The van der Waals surface area contributed by atoms with E-state index in [0.717, 1.165) is 0 Å². The molecule has 0 radical (unpaired) electrons. The summed E-state index contributed by atoms with van der Waals surface area (Å²) in [6.45, 7) is 0. The number of benzene rings is 1. The van der Waals surface area contributed by atoms with Crippen LogP contribution in [0.2, 0.25) is 0 Å². The van der Waals surface area contributed by atoms with Gasteiger partial charge in [0.1, 0.15) is 5.82 Å². The minimum Gasteiger partial charge on any atom is -0.492 e. The Bertz CT molecular complexity index is 446. The maximum Gasteiger partial charge on any atom is 0.303 e. The number of hydrogen-bond donors (Lipinski definition) is 1. The molecule has 4 nitrogen and oxygen atoms in total. The second-order valence-electron chi connectivity index (χ2n) is 3.63. The molecule has 0 amide bonds. The van der Waals surface area contributed by atoms with Crippen molar-refractivity contribution in [3.63, 3.8) is 0 Å². The average Bonchev–Trinajstić information content (AvgIpc) is 2.30. The first kappa shape index (κ1) is 14.2. The minimum absolute atomic E-state index is 0.0274. The van der Waals surface area contributed by atoms with Crippen molar-refractivity contribution in [2.24, 2.45) is 0 Å². The molecule has 0 unspecified atom stereocenters. The molecule has 0 spiro atoms. The number of rotatable bonds is 6.